The van der Waals surface area contributed by atoms with Gasteiger partial charge in [-0.25, -0.2) is 4.79 Å². The highest BCUT2D eigenvalue weighted by molar-refractivity contribution is 5.91. The van der Waals surface area contributed by atoms with Gasteiger partial charge in [0, 0.05) is 13.1 Å². The van der Waals surface area contributed by atoms with Crippen LogP contribution < -0.4 is 9.64 Å². The summed E-state index contributed by atoms with van der Waals surface area (Å²) >= 11 is 0. The number of anilines is 1. The minimum Gasteiger partial charge on any atom is -0.484 e. The first-order valence-corrected chi connectivity index (χ1v) is 9.13. The van der Waals surface area contributed by atoms with Gasteiger partial charge in [0.25, 0.3) is 5.91 Å². The van der Waals surface area contributed by atoms with Gasteiger partial charge in [0.05, 0.1) is 11.7 Å². The summed E-state index contributed by atoms with van der Waals surface area (Å²) < 4.78 is 10.9. The van der Waals surface area contributed by atoms with Gasteiger partial charge >= 0.3 is 6.09 Å². The number of fused-ring (bicyclic) bond motifs is 3. The van der Waals surface area contributed by atoms with Crippen LogP contribution in [0.1, 0.15) is 17.5 Å². The second-order valence-electron chi connectivity index (χ2n) is 6.94. The highest BCUT2D eigenvalue weighted by atomic mass is 16.6. The molecule has 2 aromatic rings. The Bertz CT molecular complexity index is 853. The first-order chi connectivity index (χ1) is 13.1. The normalized spacial score (nSPS) is 18.9. The second kappa shape index (κ2) is 7.31. The van der Waals surface area contributed by atoms with E-state index in [0.29, 0.717) is 31.9 Å². The van der Waals surface area contributed by atoms with Crippen LogP contribution in [0.3, 0.4) is 0 Å². The third kappa shape index (κ3) is 3.60. The molecule has 140 valence electrons. The molecular weight excluding hydrogens is 344 g/mol. The lowest BCUT2D eigenvalue weighted by Crippen LogP contribution is -2.43. The van der Waals surface area contributed by atoms with E-state index in [4.69, 9.17) is 9.47 Å². The van der Waals surface area contributed by atoms with Crippen LogP contribution in [0.5, 0.6) is 5.75 Å². The Kier molecular flexibility index (Phi) is 4.71. The number of hydrogen-bond donors (Lipinski definition) is 0. The molecule has 0 spiro atoms. The Balaban J connectivity index is 1.55. The molecule has 0 bridgehead atoms. The Morgan fingerprint density at radius 1 is 1.22 bits per heavy atom. The molecule has 4 rings (SSSR count). The van der Waals surface area contributed by atoms with E-state index in [2.05, 4.69) is 0 Å². The van der Waals surface area contributed by atoms with E-state index in [1.54, 1.807) is 9.80 Å². The van der Waals surface area contributed by atoms with Gasteiger partial charge in [-0.05, 0) is 42.7 Å². The molecule has 2 aliphatic rings. The molecule has 0 N–H and O–H groups in total. The molecule has 0 saturated carbocycles. The summed E-state index contributed by atoms with van der Waals surface area (Å²) in [5.41, 5.74) is 2.85. The quantitative estimate of drug-likeness (QED) is 0.837. The Morgan fingerprint density at radius 3 is 2.85 bits per heavy atom. The van der Waals surface area contributed by atoms with Crippen molar-refractivity contribution in [2.45, 2.75) is 25.9 Å². The van der Waals surface area contributed by atoms with Crippen LogP contribution in [0.2, 0.25) is 0 Å². The molecule has 2 amide bonds. The smallest absolute Gasteiger partial charge is 0.414 e. The fourth-order valence-corrected chi connectivity index (χ4v) is 3.56. The number of carbonyl (C=O) groups is 2. The lowest BCUT2D eigenvalue weighted by molar-refractivity contribution is -0.134. The Labute approximate surface area is 158 Å². The first kappa shape index (κ1) is 17.4. The van der Waals surface area contributed by atoms with E-state index < -0.39 is 0 Å². The van der Waals surface area contributed by atoms with Gasteiger partial charge in [-0.15, -0.1) is 0 Å². The first-order valence-electron chi connectivity index (χ1n) is 9.13. The number of ether oxygens (including phenoxy) is 2. The lowest BCUT2D eigenvalue weighted by Gasteiger charge is -2.32. The monoisotopic (exact) mass is 366 g/mol. The van der Waals surface area contributed by atoms with Gasteiger partial charge < -0.3 is 14.4 Å². The predicted molar refractivity (Wildman–Crippen MR) is 101 cm³/mol. The van der Waals surface area contributed by atoms with Crippen LogP contribution in [0.25, 0.3) is 0 Å². The Morgan fingerprint density at radius 2 is 2.04 bits per heavy atom. The van der Waals surface area contributed by atoms with Gasteiger partial charge in [-0.1, -0.05) is 30.3 Å². The van der Waals surface area contributed by atoms with Crippen molar-refractivity contribution in [3.05, 3.63) is 59.7 Å². The third-order valence-corrected chi connectivity index (χ3v) is 5.01. The van der Waals surface area contributed by atoms with E-state index >= 15 is 0 Å². The standard InChI is InChI=1S/C21H22N2O4/c1-15-7-8-16-12-22(20(24)14-26-18-5-3-2-4-6-18)10-9-17-13-27-21(25)23(17)19(16)11-15/h2-8,11,17H,9-10,12-14H2,1H3/t17-/m0/s1. The zero-order valence-electron chi connectivity index (χ0n) is 15.3. The predicted octanol–water partition coefficient (Wildman–Crippen LogP) is 3.13. The Hall–Kier alpha value is -3.02. The van der Waals surface area contributed by atoms with Gasteiger partial charge in [0.1, 0.15) is 12.4 Å². The number of rotatable bonds is 3. The summed E-state index contributed by atoms with van der Waals surface area (Å²) in [7, 11) is 0. The summed E-state index contributed by atoms with van der Waals surface area (Å²) in [5, 5.41) is 0. The maximum absolute atomic E-state index is 12.8. The molecular formula is C21H22N2O4. The summed E-state index contributed by atoms with van der Waals surface area (Å²) in [4.78, 5) is 28.5. The lowest BCUT2D eigenvalue weighted by atomic mass is 10.0. The summed E-state index contributed by atoms with van der Waals surface area (Å²) in [6, 6.07) is 15.2. The van der Waals surface area contributed by atoms with Crippen molar-refractivity contribution in [2.75, 3.05) is 24.7 Å². The van der Waals surface area contributed by atoms with E-state index in [-0.39, 0.29) is 24.6 Å². The molecule has 2 aromatic carbocycles. The molecule has 0 unspecified atom stereocenters. The fourth-order valence-electron chi connectivity index (χ4n) is 3.56. The molecule has 6 heteroatoms. The molecule has 0 radical (unpaired) electrons. The van der Waals surface area contributed by atoms with Crippen molar-refractivity contribution in [1.82, 2.24) is 4.90 Å². The maximum Gasteiger partial charge on any atom is 0.414 e. The molecule has 27 heavy (non-hydrogen) atoms. The number of benzene rings is 2. The highest BCUT2D eigenvalue weighted by Crippen LogP contribution is 2.32. The van der Waals surface area contributed by atoms with Crippen molar-refractivity contribution in [3.8, 4) is 5.75 Å². The number of nitrogens with zero attached hydrogens (tertiary/aromatic N) is 2. The third-order valence-electron chi connectivity index (χ3n) is 5.01. The fraction of sp³-hybridized carbons (Fsp3) is 0.333. The number of hydrogen-bond acceptors (Lipinski definition) is 4. The molecule has 2 aliphatic heterocycles. The largest absolute Gasteiger partial charge is 0.484 e. The summed E-state index contributed by atoms with van der Waals surface area (Å²) in [5.74, 6) is 0.610. The maximum atomic E-state index is 12.8. The van der Waals surface area contributed by atoms with Gasteiger partial charge in [-0.3, -0.25) is 9.69 Å². The average Bonchev–Trinajstić information content (AvgIpc) is 3.03. The zero-order valence-corrected chi connectivity index (χ0v) is 15.3. The van der Waals surface area contributed by atoms with Crippen molar-refractivity contribution in [3.63, 3.8) is 0 Å². The highest BCUT2D eigenvalue weighted by Gasteiger charge is 2.37. The topological polar surface area (TPSA) is 59.1 Å². The van der Waals surface area contributed by atoms with Crippen molar-refractivity contribution < 1.29 is 19.1 Å². The van der Waals surface area contributed by atoms with E-state index in [9.17, 15) is 9.59 Å². The van der Waals surface area contributed by atoms with Crippen LogP contribution in [-0.4, -0.2) is 42.7 Å². The second-order valence-corrected chi connectivity index (χ2v) is 6.94. The van der Waals surface area contributed by atoms with Crippen LogP contribution in [0.4, 0.5) is 10.5 Å². The van der Waals surface area contributed by atoms with Crippen molar-refractivity contribution in [1.29, 1.82) is 0 Å². The molecule has 1 atom stereocenters. The molecule has 0 aromatic heterocycles. The summed E-state index contributed by atoms with van der Waals surface area (Å²) in [6.07, 6.45) is 0.370. The van der Waals surface area contributed by atoms with Gasteiger partial charge in [-0.2, -0.15) is 0 Å². The van der Waals surface area contributed by atoms with Gasteiger partial charge in [0.15, 0.2) is 6.61 Å². The van der Waals surface area contributed by atoms with E-state index in [1.807, 2.05) is 55.5 Å². The van der Waals surface area contributed by atoms with Crippen LogP contribution >= 0.6 is 0 Å². The molecule has 0 aliphatic carbocycles. The number of amides is 2. The van der Waals surface area contributed by atoms with E-state index in [0.717, 1.165) is 16.8 Å². The molecule has 1 fully saturated rings. The molecule has 1 saturated heterocycles. The number of aryl methyl sites for hydroxylation is 1. The SMILES string of the molecule is Cc1ccc2c(c1)N1C(=O)OC[C@@H]1CCN(C(=O)COc1ccccc1)C2. The zero-order chi connectivity index (χ0) is 18.8. The average molecular weight is 366 g/mol. The van der Waals surface area contributed by atoms with Crippen LogP contribution in [0, 0.1) is 6.92 Å². The molecule has 6 nitrogen and oxygen atoms in total. The number of carbonyl (C=O) groups excluding carboxylic acids is 2. The summed E-state index contributed by atoms with van der Waals surface area (Å²) in [6.45, 7) is 3.35. The number of para-hydroxylation sites is 1. The van der Waals surface area contributed by atoms with Crippen molar-refractivity contribution >= 4 is 17.7 Å². The minimum absolute atomic E-state index is 0.00494. The van der Waals surface area contributed by atoms with Gasteiger partial charge in [0.2, 0.25) is 0 Å². The van der Waals surface area contributed by atoms with Crippen LogP contribution in [-0.2, 0) is 16.1 Å². The van der Waals surface area contributed by atoms with Crippen molar-refractivity contribution in [2.24, 2.45) is 0 Å². The number of cyclic esters (lactones) is 1. The molecule has 2 heterocycles. The minimum atomic E-state index is -0.306. The van der Waals surface area contributed by atoms with E-state index in [1.165, 1.54) is 0 Å². The van der Waals surface area contributed by atoms with Crippen LogP contribution in [0.15, 0.2) is 48.5 Å².